The van der Waals surface area contributed by atoms with Crippen LogP contribution in [0.3, 0.4) is 0 Å². The average molecular weight is 173 g/mol. The summed E-state index contributed by atoms with van der Waals surface area (Å²) in [6.45, 7) is 9.71. The molecule has 0 aliphatic rings. The van der Waals surface area contributed by atoms with Crippen molar-refractivity contribution < 1.29 is 4.74 Å². The van der Waals surface area contributed by atoms with Crippen LogP contribution in [0, 0.1) is 5.41 Å². The normalized spacial score (nSPS) is 13.5. The molecule has 0 fully saturated rings. The molecule has 0 aromatic rings. The number of nitrogens with one attached hydrogen (secondary N) is 1. The van der Waals surface area contributed by atoms with Crippen LogP contribution in [-0.4, -0.2) is 26.3 Å². The van der Waals surface area contributed by atoms with Gasteiger partial charge in [0.1, 0.15) is 0 Å². The van der Waals surface area contributed by atoms with Gasteiger partial charge in [0.05, 0.1) is 6.61 Å². The van der Waals surface area contributed by atoms with Crippen LogP contribution in [0.1, 0.15) is 34.1 Å². The van der Waals surface area contributed by atoms with E-state index >= 15 is 0 Å². The predicted molar refractivity (Wildman–Crippen MR) is 53.4 cm³/mol. The molecule has 2 nitrogen and oxygen atoms in total. The largest absolute Gasteiger partial charge is 0.384 e. The van der Waals surface area contributed by atoms with Gasteiger partial charge in [0.25, 0.3) is 0 Å². The van der Waals surface area contributed by atoms with Gasteiger partial charge in [0, 0.05) is 12.6 Å². The zero-order valence-electron chi connectivity index (χ0n) is 9.32. The van der Waals surface area contributed by atoms with E-state index in [1.165, 1.54) is 0 Å². The van der Waals surface area contributed by atoms with Crippen molar-refractivity contribution in [3.8, 4) is 0 Å². The van der Waals surface area contributed by atoms with E-state index in [0.29, 0.717) is 0 Å². The SMILES string of the molecule is CNC(C)(C)CC(C)(C)COC. The van der Waals surface area contributed by atoms with Gasteiger partial charge in [-0.3, -0.25) is 0 Å². The molecule has 1 N–H and O–H groups in total. The zero-order chi connectivity index (χ0) is 9.83. The van der Waals surface area contributed by atoms with Gasteiger partial charge >= 0.3 is 0 Å². The molecule has 0 heterocycles. The molecule has 0 aliphatic heterocycles. The molecule has 0 saturated carbocycles. The quantitative estimate of drug-likeness (QED) is 0.687. The zero-order valence-corrected chi connectivity index (χ0v) is 9.32. The number of hydrogen-bond acceptors (Lipinski definition) is 2. The number of rotatable bonds is 5. The summed E-state index contributed by atoms with van der Waals surface area (Å²) in [4.78, 5) is 0. The van der Waals surface area contributed by atoms with Crippen molar-refractivity contribution >= 4 is 0 Å². The molecule has 12 heavy (non-hydrogen) atoms. The molecule has 2 heteroatoms. The van der Waals surface area contributed by atoms with Crippen molar-refractivity contribution in [2.24, 2.45) is 5.41 Å². The second-order valence-electron chi connectivity index (χ2n) is 4.91. The molecule has 0 atom stereocenters. The lowest BCUT2D eigenvalue weighted by Crippen LogP contribution is -2.41. The Morgan fingerprint density at radius 3 is 2.00 bits per heavy atom. The van der Waals surface area contributed by atoms with E-state index in [0.717, 1.165) is 13.0 Å². The third-order valence-corrected chi connectivity index (χ3v) is 2.13. The molecular formula is C10H23NO. The highest BCUT2D eigenvalue weighted by molar-refractivity contribution is 4.83. The molecule has 0 saturated heterocycles. The average Bonchev–Trinajstić information content (AvgIpc) is 1.85. The Hall–Kier alpha value is -0.0800. The summed E-state index contributed by atoms with van der Waals surface area (Å²) >= 11 is 0. The standard InChI is InChI=1S/C10H23NO/c1-9(2,8-12-6)7-10(3,4)11-5/h11H,7-8H2,1-6H3. The van der Waals surface area contributed by atoms with Gasteiger partial charge < -0.3 is 10.1 Å². The van der Waals surface area contributed by atoms with Crippen LogP contribution in [0.4, 0.5) is 0 Å². The summed E-state index contributed by atoms with van der Waals surface area (Å²) in [6, 6.07) is 0. The van der Waals surface area contributed by atoms with Gasteiger partial charge in [-0.1, -0.05) is 13.8 Å². The van der Waals surface area contributed by atoms with Gasteiger partial charge in [0.15, 0.2) is 0 Å². The van der Waals surface area contributed by atoms with Gasteiger partial charge in [0.2, 0.25) is 0 Å². The first-order chi connectivity index (χ1) is 5.33. The molecule has 0 radical (unpaired) electrons. The van der Waals surface area contributed by atoms with Crippen LogP contribution >= 0.6 is 0 Å². The first-order valence-electron chi connectivity index (χ1n) is 4.51. The highest BCUT2D eigenvalue weighted by Crippen LogP contribution is 2.27. The first-order valence-corrected chi connectivity index (χ1v) is 4.51. The summed E-state index contributed by atoms with van der Waals surface area (Å²) in [5, 5.41) is 3.30. The molecule has 0 aromatic heterocycles. The lowest BCUT2D eigenvalue weighted by atomic mass is 9.81. The maximum atomic E-state index is 5.17. The highest BCUT2D eigenvalue weighted by Gasteiger charge is 2.27. The van der Waals surface area contributed by atoms with Crippen molar-refractivity contribution in [3.05, 3.63) is 0 Å². The van der Waals surface area contributed by atoms with E-state index < -0.39 is 0 Å². The van der Waals surface area contributed by atoms with E-state index in [4.69, 9.17) is 4.74 Å². The minimum Gasteiger partial charge on any atom is -0.384 e. The topological polar surface area (TPSA) is 21.3 Å². The lowest BCUT2D eigenvalue weighted by Gasteiger charge is -2.34. The minimum atomic E-state index is 0.196. The van der Waals surface area contributed by atoms with Gasteiger partial charge in [-0.05, 0) is 32.7 Å². The van der Waals surface area contributed by atoms with Crippen molar-refractivity contribution in [2.45, 2.75) is 39.7 Å². The Balaban J connectivity index is 4.04. The van der Waals surface area contributed by atoms with Crippen molar-refractivity contribution in [3.63, 3.8) is 0 Å². The Labute approximate surface area is 76.7 Å². The molecule has 0 spiro atoms. The Morgan fingerprint density at radius 1 is 1.17 bits per heavy atom. The van der Waals surface area contributed by atoms with Crippen molar-refractivity contribution in [2.75, 3.05) is 20.8 Å². The number of ether oxygens (including phenoxy) is 1. The molecule has 74 valence electrons. The van der Waals surface area contributed by atoms with Crippen LogP contribution < -0.4 is 5.32 Å². The van der Waals surface area contributed by atoms with Crippen LogP contribution in [0.2, 0.25) is 0 Å². The Bertz CT molecular complexity index is 130. The van der Waals surface area contributed by atoms with Gasteiger partial charge in [-0.15, -0.1) is 0 Å². The van der Waals surface area contributed by atoms with Gasteiger partial charge in [-0.25, -0.2) is 0 Å². The number of hydrogen-bond donors (Lipinski definition) is 1. The molecule has 0 aliphatic carbocycles. The van der Waals surface area contributed by atoms with Crippen LogP contribution in [-0.2, 0) is 4.74 Å². The predicted octanol–water partition coefficient (Wildman–Crippen LogP) is 2.05. The fraction of sp³-hybridized carbons (Fsp3) is 1.00. The summed E-state index contributed by atoms with van der Waals surface area (Å²) in [5.41, 5.74) is 0.448. The smallest absolute Gasteiger partial charge is 0.0514 e. The maximum Gasteiger partial charge on any atom is 0.0514 e. The maximum absolute atomic E-state index is 5.17. The van der Waals surface area contributed by atoms with E-state index in [-0.39, 0.29) is 11.0 Å². The lowest BCUT2D eigenvalue weighted by molar-refractivity contribution is 0.0793. The fourth-order valence-corrected chi connectivity index (χ4v) is 1.73. The second-order valence-corrected chi connectivity index (χ2v) is 4.91. The van der Waals surface area contributed by atoms with Crippen LogP contribution in [0.15, 0.2) is 0 Å². The van der Waals surface area contributed by atoms with E-state index in [1.54, 1.807) is 7.11 Å². The summed E-state index contributed by atoms with van der Waals surface area (Å²) in [5.74, 6) is 0. The van der Waals surface area contributed by atoms with Crippen LogP contribution in [0.5, 0.6) is 0 Å². The Morgan fingerprint density at radius 2 is 1.67 bits per heavy atom. The molecule has 0 aromatic carbocycles. The molecule has 0 amide bonds. The first kappa shape index (κ1) is 11.9. The molecule has 0 rings (SSSR count). The van der Waals surface area contributed by atoms with E-state index in [1.807, 2.05) is 7.05 Å². The van der Waals surface area contributed by atoms with Crippen LogP contribution in [0.25, 0.3) is 0 Å². The van der Waals surface area contributed by atoms with Gasteiger partial charge in [-0.2, -0.15) is 0 Å². The van der Waals surface area contributed by atoms with Crippen molar-refractivity contribution in [1.82, 2.24) is 5.32 Å². The van der Waals surface area contributed by atoms with E-state index in [2.05, 4.69) is 33.0 Å². The molecular weight excluding hydrogens is 150 g/mol. The third-order valence-electron chi connectivity index (χ3n) is 2.13. The Kier molecular flexibility index (Phi) is 4.21. The molecule has 0 bridgehead atoms. The third kappa shape index (κ3) is 4.73. The summed E-state index contributed by atoms with van der Waals surface area (Å²) < 4.78 is 5.17. The summed E-state index contributed by atoms with van der Waals surface area (Å²) in [7, 11) is 3.76. The second kappa shape index (κ2) is 4.24. The number of methoxy groups -OCH3 is 1. The monoisotopic (exact) mass is 173 g/mol. The fourth-order valence-electron chi connectivity index (χ4n) is 1.73. The summed E-state index contributed by atoms with van der Waals surface area (Å²) in [6.07, 6.45) is 1.12. The van der Waals surface area contributed by atoms with Crippen molar-refractivity contribution in [1.29, 1.82) is 0 Å². The highest BCUT2D eigenvalue weighted by atomic mass is 16.5. The minimum absolute atomic E-state index is 0.196. The molecule has 0 unspecified atom stereocenters. The van der Waals surface area contributed by atoms with E-state index in [9.17, 15) is 0 Å².